The van der Waals surface area contributed by atoms with Gasteiger partial charge in [0.05, 0.1) is 30.5 Å². The van der Waals surface area contributed by atoms with Crippen LogP contribution in [0.15, 0.2) is 60.7 Å². The molecule has 1 N–H and O–H groups in total. The Morgan fingerprint density at radius 1 is 0.962 bits per heavy atom. The van der Waals surface area contributed by atoms with Crippen molar-refractivity contribution in [2.75, 3.05) is 19.0 Å². The van der Waals surface area contributed by atoms with Gasteiger partial charge in [0.25, 0.3) is 5.91 Å². The topological polar surface area (TPSA) is 64.6 Å². The SMILES string of the molecule is CCOc1ccc2ccccc2c1C(=O)Nc1ccccc1C(=O)OC. The minimum absolute atomic E-state index is 0.293. The van der Waals surface area contributed by atoms with Crippen LogP contribution < -0.4 is 10.1 Å². The Morgan fingerprint density at radius 3 is 2.46 bits per heavy atom. The third-order valence-electron chi connectivity index (χ3n) is 4.00. The van der Waals surface area contributed by atoms with Crippen molar-refractivity contribution in [1.29, 1.82) is 0 Å². The largest absolute Gasteiger partial charge is 0.493 e. The highest BCUT2D eigenvalue weighted by Gasteiger charge is 2.19. The van der Waals surface area contributed by atoms with Gasteiger partial charge in [0.1, 0.15) is 5.75 Å². The first-order valence-corrected chi connectivity index (χ1v) is 8.29. The van der Waals surface area contributed by atoms with Crippen LogP contribution in [0.25, 0.3) is 10.8 Å². The Hall–Kier alpha value is -3.34. The molecule has 0 saturated carbocycles. The molecule has 0 aliphatic carbocycles. The minimum Gasteiger partial charge on any atom is -0.493 e. The second-order valence-corrected chi connectivity index (χ2v) is 5.58. The standard InChI is InChI=1S/C21H19NO4/c1-3-26-18-13-12-14-8-4-5-9-15(14)19(18)20(23)22-17-11-7-6-10-16(17)21(24)25-2/h4-13H,3H2,1-2H3,(H,22,23). The van der Waals surface area contributed by atoms with E-state index in [9.17, 15) is 9.59 Å². The molecule has 132 valence electrons. The van der Waals surface area contributed by atoms with E-state index in [-0.39, 0.29) is 5.91 Å². The molecule has 1 amide bonds. The summed E-state index contributed by atoms with van der Waals surface area (Å²) < 4.78 is 10.4. The van der Waals surface area contributed by atoms with E-state index in [2.05, 4.69) is 5.32 Å². The summed E-state index contributed by atoms with van der Waals surface area (Å²) >= 11 is 0. The smallest absolute Gasteiger partial charge is 0.339 e. The lowest BCUT2D eigenvalue weighted by atomic mass is 10.0. The zero-order chi connectivity index (χ0) is 18.5. The molecule has 3 aromatic rings. The van der Waals surface area contributed by atoms with Gasteiger partial charge in [0.2, 0.25) is 0 Å². The number of carbonyl (C=O) groups is 2. The molecule has 0 bridgehead atoms. The molecule has 0 fully saturated rings. The first kappa shape index (κ1) is 17.5. The number of hydrogen-bond donors (Lipinski definition) is 1. The number of anilines is 1. The molecule has 0 unspecified atom stereocenters. The summed E-state index contributed by atoms with van der Waals surface area (Å²) in [5.74, 6) is -0.357. The summed E-state index contributed by atoms with van der Waals surface area (Å²) in [5.41, 5.74) is 1.12. The molecule has 0 heterocycles. The highest BCUT2D eigenvalue weighted by molar-refractivity contribution is 6.16. The number of carbonyl (C=O) groups excluding carboxylic acids is 2. The third-order valence-corrected chi connectivity index (χ3v) is 4.00. The summed E-state index contributed by atoms with van der Waals surface area (Å²) in [5, 5.41) is 4.53. The van der Waals surface area contributed by atoms with Crippen molar-refractivity contribution in [2.45, 2.75) is 6.92 Å². The fourth-order valence-electron chi connectivity index (χ4n) is 2.83. The fourth-order valence-corrected chi connectivity index (χ4v) is 2.83. The van der Waals surface area contributed by atoms with E-state index in [1.54, 1.807) is 30.3 Å². The maximum atomic E-state index is 13.0. The van der Waals surface area contributed by atoms with E-state index >= 15 is 0 Å². The van der Waals surface area contributed by atoms with Crippen molar-refractivity contribution in [3.63, 3.8) is 0 Å². The van der Waals surface area contributed by atoms with Crippen molar-refractivity contribution in [1.82, 2.24) is 0 Å². The number of amides is 1. The summed E-state index contributed by atoms with van der Waals surface area (Å²) in [6.45, 7) is 2.31. The van der Waals surface area contributed by atoms with Crippen LogP contribution in [0.4, 0.5) is 5.69 Å². The van der Waals surface area contributed by atoms with Crippen LogP contribution in [0.5, 0.6) is 5.75 Å². The van der Waals surface area contributed by atoms with Gasteiger partial charge in [-0.05, 0) is 35.9 Å². The van der Waals surface area contributed by atoms with Gasteiger partial charge < -0.3 is 14.8 Å². The number of benzene rings is 3. The molecule has 5 nitrogen and oxygen atoms in total. The molecule has 5 heteroatoms. The highest BCUT2D eigenvalue weighted by Crippen LogP contribution is 2.29. The van der Waals surface area contributed by atoms with Crippen molar-refractivity contribution in [3.8, 4) is 5.75 Å². The Morgan fingerprint density at radius 2 is 1.69 bits per heavy atom. The summed E-state index contributed by atoms with van der Waals surface area (Å²) in [7, 11) is 1.30. The molecule has 0 aromatic heterocycles. The van der Waals surface area contributed by atoms with Crippen molar-refractivity contribution >= 4 is 28.3 Å². The lowest BCUT2D eigenvalue weighted by Crippen LogP contribution is -2.17. The summed E-state index contributed by atoms with van der Waals surface area (Å²) in [6.07, 6.45) is 0. The van der Waals surface area contributed by atoms with E-state index in [1.165, 1.54) is 7.11 Å². The van der Waals surface area contributed by atoms with Gasteiger partial charge in [-0.2, -0.15) is 0 Å². The molecule has 3 rings (SSSR count). The second-order valence-electron chi connectivity index (χ2n) is 5.58. The van der Waals surface area contributed by atoms with E-state index < -0.39 is 5.97 Å². The molecule has 0 radical (unpaired) electrons. The number of methoxy groups -OCH3 is 1. The van der Waals surface area contributed by atoms with Crippen LogP contribution in [0.1, 0.15) is 27.6 Å². The van der Waals surface area contributed by atoms with Gasteiger partial charge in [-0.3, -0.25) is 4.79 Å². The fraction of sp³-hybridized carbons (Fsp3) is 0.143. The molecular formula is C21H19NO4. The van der Waals surface area contributed by atoms with Crippen LogP contribution in [-0.2, 0) is 4.74 Å². The normalized spacial score (nSPS) is 10.4. The lowest BCUT2D eigenvalue weighted by Gasteiger charge is -2.15. The van der Waals surface area contributed by atoms with Gasteiger partial charge in [-0.25, -0.2) is 4.79 Å². The first-order valence-electron chi connectivity index (χ1n) is 8.29. The van der Waals surface area contributed by atoms with E-state index in [0.29, 0.717) is 29.2 Å². The number of hydrogen-bond acceptors (Lipinski definition) is 4. The van der Waals surface area contributed by atoms with Crippen LogP contribution in [0.3, 0.4) is 0 Å². The number of rotatable bonds is 5. The van der Waals surface area contributed by atoms with Crippen molar-refractivity contribution < 1.29 is 19.1 Å². The molecule has 0 saturated heterocycles. The summed E-state index contributed by atoms with van der Waals surface area (Å²) in [4.78, 5) is 25.0. The maximum Gasteiger partial charge on any atom is 0.339 e. The quantitative estimate of drug-likeness (QED) is 0.698. The Bertz CT molecular complexity index is 965. The monoisotopic (exact) mass is 349 g/mol. The molecule has 3 aromatic carbocycles. The Kier molecular flexibility index (Phi) is 5.17. The number of nitrogens with one attached hydrogen (secondary N) is 1. The zero-order valence-electron chi connectivity index (χ0n) is 14.6. The third kappa shape index (κ3) is 3.37. The van der Waals surface area contributed by atoms with Crippen LogP contribution in [-0.4, -0.2) is 25.6 Å². The molecular weight excluding hydrogens is 330 g/mol. The predicted molar refractivity (Wildman–Crippen MR) is 101 cm³/mol. The molecule has 0 aliphatic rings. The van der Waals surface area contributed by atoms with Crippen LogP contribution in [0.2, 0.25) is 0 Å². The lowest BCUT2D eigenvalue weighted by molar-refractivity contribution is 0.0602. The minimum atomic E-state index is -0.510. The summed E-state index contributed by atoms with van der Waals surface area (Å²) in [6, 6.07) is 18.0. The van der Waals surface area contributed by atoms with Crippen LogP contribution in [0, 0.1) is 0 Å². The van der Waals surface area contributed by atoms with Gasteiger partial charge >= 0.3 is 5.97 Å². The Labute approximate surface area is 151 Å². The molecule has 0 atom stereocenters. The average Bonchev–Trinajstić information content (AvgIpc) is 2.67. The van der Waals surface area contributed by atoms with Gasteiger partial charge in [-0.15, -0.1) is 0 Å². The number of fused-ring (bicyclic) bond motifs is 1. The van der Waals surface area contributed by atoms with E-state index in [0.717, 1.165) is 10.8 Å². The Balaban J connectivity index is 2.06. The maximum absolute atomic E-state index is 13.0. The number of para-hydroxylation sites is 1. The van der Waals surface area contributed by atoms with Gasteiger partial charge in [0.15, 0.2) is 0 Å². The molecule has 0 spiro atoms. The second kappa shape index (κ2) is 7.70. The number of ether oxygens (including phenoxy) is 2. The average molecular weight is 349 g/mol. The van der Waals surface area contributed by atoms with Crippen LogP contribution >= 0.6 is 0 Å². The van der Waals surface area contributed by atoms with Gasteiger partial charge in [-0.1, -0.05) is 42.5 Å². The van der Waals surface area contributed by atoms with Gasteiger partial charge in [0, 0.05) is 0 Å². The van der Waals surface area contributed by atoms with E-state index in [1.807, 2.05) is 37.3 Å². The molecule has 0 aliphatic heterocycles. The molecule has 26 heavy (non-hydrogen) atoms. The van der Waals surface area contributed by atoms with Crippen molar-refractivity contribution in [3.05, 3.63) is 71.8 Å². The first-order chi connectivity index (χ1) is 12.7. The van der Waals surface area contributed by atoms with E-state index in [4.69, 9.17) is 9.47 Å². The van der Waals surface area contributed by atoms with Crippen molar-refractivity contribution in [2.24, 2.45) is 0 Å². The zero-order valence-corrected chi connectivity index (χ0v) is 14.6. The number of esters is 1. The highest BCUT2D eigenvalue weighted by atomic mass is 16.5. The predicted octanol–water partition coefficient (Wildman–Crippen LogP) is 4.28.